The minimum Gasteiger partial charge on any atom is -0.463 e. The van der Waals surface area contributed by atoms with Crippen molar-refractivity contribution in [3.05, 3.63) is 75.1 Å². The molecule has 0 spiro atoms. The summed E-state index contributed by atoms with van der Waals surface area (Å²) in [5, 5.41) is 9.69. The highest BCUT2D eigenvalue weighted by atomic mass is 35.5. The van der Waals surface area contributed by atoms with Crippen molar-refractivity contribution in [3.8, 4) is 0 Å². The Morgan fingerprint density at radius 1 is 1.18 bits per heavy atom. The Hall–Kier alpha value is -3.16. The number of carbonyl (C=O) groups excluding carboxylic acids is 1. The normalized spacial score (nSPS) is 17.1. The first-order valence-electron chi connectivity index (χ1n) is 8.24. The first kappa shape index (κ1) is 17.0. The van der Waals surface area contributed by atoms with Crippen LogP contribution in [-0.2, 0) is 4.79 Å². The lowest BCUT2D eigenvalue weighted by Gasteiger charge is -2.24. The number of amides is 1. The topological polar surface area (TPSA) is 86.7 Å². The summed E-state index contributed by atoms with van der Waals surface area (Å²) in [7, 11) is 0. The van der Waals surface area contributed by atoms with Crippen LogP contribution in [0.15, 0.2) is 73.4 Å². The average Bonchev–Trinajstić information content (AvgIpc) is 3.05. The van der Waals surface area contributed by atoms with Gasteiger partial charge in [-0.3, -0.25) is 19.9 Å². The van der Waals surface area contributed by atoms with Crippen LogP contribution in [0.1, 0.15) is 5.56 Å². The molecule has 0 aliphatic carbocycles. The largest absolute Gasteiger partial charge is 0.463 e. The molecular formula is C20H10ClN3O3S. The SMILES string of the molecule is N=C1/C(=C\c2coc3ccc(Cl)cc3c2=O)C(=O)N=C2Sc3ccccc3N12. The van der Waals surface area contributed by atoms with Crippen molar-refractivity contribution in [2.45, 2.75) is 4.90 Å². The molecule has 2 aromatic carbocycles. The molecule has 1 amide bonds. The fraction of sp³-hybridized carbons (Fsp3) is 0. The molecule has 0 saturated heterocycles. The van der Waals surface area contributed by atoms with Crippen LogP contribution in [-0.4, -0.2) is 16.9 Å². The predicted molar refractivity (Wildman–Crippen MR) is 110 cm³/mol. The molecule has 1 aromatic heterocycles. The quantitative estimate of drug-likeness (QED) is 0.607. The van der Waals surface area contributed by atoms with Gasteiger partial charge in [0, 0.05) is 9.92 Å². The first-order valence-corrected chi connectivity index (χ1v) is 9.44. The number of aliphatic imine (C=N–C) groups is 1. The van der Waals surface area contributed by atoms with Gasteiger partial charge in [0.05, 0.1) is 22.2 Å². The lowest BCUT2D eigenvalue weighted by molar-refractivity contribution is -0.113. The number of thioether (sulfide) groups is 1. The van der Waals surface area contributed by atoms with Gasteiger partial charge < -0.3 is 4.42 Å². The zero-order chi connectivity index (χ0) is 19.4. The van der Waals surface area contributed by atoms with E-state index >= 15 is 0 Å². The second kappa shape index (κ2) is 6.19. The maximum Gasteiger partial charge on any atom is 0.283 e. The molecule has 28 heavy (non-hydrogen) atoms. The van der Waals surface area contributed by atoms with Gasteiger partial charge in [-0.25, -0.2) is 0 Å². The van der Waals surface area contributed by atoms with Gasteiger partial charge in [-0.2, -0.15) is 4.99 Å². The van der Waals surface area contributed by atoms with Gasteiger partial charge in [0.15, 0.2) is 10.6 Å². The van der Waals surface area contributed by atoms with E-state index in [1.165, 1.54) is 30.2 Å². The molecule has 3 heterocycles. The van der Waals surface area contributed by atoms with Crippen molar-refractivity contribution in [1.82, 2.24) is 0 Å². The maximum absolute atomic E-state index is 12.8. The molecule has 2 aliphatic rings. The molecule has 0 radical (unpaired) electrons. The third-order valence-electron chi connectivity index (χ3n) is 4.47. The number of benzene rings is 2. The molecule has 0 fully saturated rings. The van der Waals surface area contributed by atoms with E-state index in [1.807, 2.05) is 24.3 Å². The lowest BCUT2D eigenvalue weighted by Crippen LogP contribution is -2.39. The molecule has 5 rings (SSSR count). The van der Waals surface area contributed by atoms with Crippen LogP contribution in [0.4, 0.5) is 5.69 Å². The zero-order valence-corrected chi connectivity index (χ0v) is 15.7. The van der Waals surface area contributed by atoms with Gasteiger partial charge in [0.1, 0.15) is 17.7 Å². The number of nitrogens with one attached hydrogen (secondary N) is 1. The highest BCUT2D eigenvalue weighted by molar-refractivity contribution is 8.15. The molecule has 0 atom stereocenters. The molecular weight excluding hydrogens is 398 g/mol. The van der Waals surface area contributed by atoms with Gasteiger partial charge in [-0.05, 0) is 48.2 Å². The first-order chi connectivity index (χ1) is 13.5. The molecule has 0 bridgehead atoms. The summed E-state index contributed by atoms with van der Waals surface area (Å²) < 4.78 is 5.49. The Balaban J connectivity index is 1.65. The van der Waals surface area contributed by atoms with E-state index in [4.69, 9.17) is 21.4 Å². The maximum atomic E-state index is 12.8. The van der Waals surface area contributed by atoms with Gasteiger partial charge in [-0.15, -0.1) is 0 Å². The average molecular weight is 408 g/mol. The number of carbonyl (C=O) groups is 1. The van der Waals surface area contributed by atoms with Gasteiger partial charge in [-0.1, -0.05) is 23.7 Å². The van der Waals surface area contributed by atoms with Crippen molar-refractivity contribution in [1.29, 1.82) is 5.41 Å². The number of hydrogen-bond donors (Lipinski definition) is 1. The van der Waals surface area contributed by atoms with Gasteiger partial charge in [0.2, 0.25) is 0 Å². The molecule has 8 heteroatoms. The fourth-order valence-electron chi connectivity index (χ4n) is 3.14. The summed E-state index contributed by atoms with van der Waals surface area (Å²) in [6.45, 7) is 0. The number of rotatable bonds is 1. The lowest BCUT2D eigenvalue weighted by atomic mass is 10.1. The standard InChI is InChI=1S/C20H10ClN3O3S/c21-11-5-6-15-12(8-11)17(25)10(9-27-15)7-13-18(22)24-14-3-1-2-4-16(14)28-20(24)23-19(13)26/h1-9,22H/b13-7+,22-18?. The van der Waals surface area contributed by atoms with E-state index in [1.54, 1.807) is 17.0 Å². The number of fused-ring (bicyclic) bond motifs is 4. The number of hydrogen-bond acceptors (Lipinski definition) is 5. The van der Waals surface area contributed by atoms with Crippen LogP contribution in [0.2, 0.25) is 5.02 Å². The van der Waals surface area contributed by atoms with Crippen LogP contribution in [0.5, 0.6) is 0 Å². The van der Waals surface area contributed by atoms with Crippen LogP contribution < -0.4 is 10.3 Å². The smallest absolute Gasteiger partial charge is 0.283 e. The third-order valence-corrected chi connectivity index (χ3v) is 5.72. The molecule has 1 N–H and O–H groups in total. The van der Waals surface area contributed by atoms with E-state index in [0.29, 0.717) is 21.2 Å². The van der Waals surface area contributed by atoms with E-state index in [0.717, 1.165) is 10.6 Å². The minimum atomic E-state index is -0.567. The predicted octanol–water partition coefficient (Wildman–Crippen LogP) is 4.32. The van der Waals surface area contributed by atoms with Crippen molar-refractivity contribution in [2.75, 3.05) is 4.90 Å². The monoisotopic (exact) mass is 407 g/mol. The number of amidine groups is 2. The Labute approximate surface area is 167 Å². The Bertz CT molecular complexity index is 1330. The third kappa shape index (κ3) is 2.51. The fourth-order valence-corrected chi connectivity index (χ4v) is 4.33. The summed E-state index contributed by atoms with van der Waals surface area (Å²) in [6, 6.07) is 12.3. The number of halogens is 1. The Kier molecular flexibility index (Phi) is 3.75. The molecule has 6 nitrogen and oxygen atoms in total. The van der Waals surface area contributed by atoms with Crippen LogP contribution in [0.25, 0.3) is 17.0 Å². The van der Waals surface area contributed by atoms with Gasteiger partial charge >= 0.3 is 0 Å². The highest BCUT2D eigenvalue weighted by Gasteiger charge is 2.37. The summed E-state index contributed by atoms with van der Waals surface area (Å²) in [4.78, 5) is 32.0. The zero-order valence-electron chi connectivity index (χ0n) is 14.1. The van der Waals surface area contributed by atoms with E-state index in [-0.39, 0.29) is 22.4 Å². The highest BCUT2D eigenvalue weighted by Crippen LogP contribution is 2.42. The van der Waals surface area contributed by atoms with E-state index in [2.05, 4.69) is 4.99 Å². The molecule has 0 saturated carbocycles. The number of para-hydroxylation sites is 1. The Morgan fingerprint density at radius 2 is 2.00 bits per heavy atom. The molecule has 3 aromatic rings. The minimum absolute atomic E-state index is 0.0229. The van der Waals surface area contributed by atoms with Crippen LogP contribution in [0.3, 0.4) is 0 Å². The molecule has 2 aliphatic heterocycles. The number of anilines is 1. The second-order valence-corrected chi connectivity index (χ2v) is 7.62. The van der Waals surface area contributed by atoms with Crippen molar-refractivity contribution >= 4 is 63.0 Å². The summed E-state index contributed by atoms with van der Waals surface area (Å²) in [6.07, 6.45) is 2.63. The molecule has 0 unspecified atom stereocenters. The van der Waals surface area contributed by atoms with Crippen LogP contribution in [0, 0.1) is 5.41 Å². The number of nitrogens with zero attached hydrogens (tertiary/aromatic N) is 2. The summed E-state index contributed by atoms with van der Waals surface area (Å²) in [5.74, 6) is -0.597. The van der Waals surface area contributed by atoms with Crippen molar-refractivity contribution in [3.63, 3.8) is 0 Å². The van der Waals surface area contributed by atoms with Crippen molar-refractivity contribution < 1.29 is 9.21 Å². The summed E-state index contributed by atoms with van der Waals surface area (Å²) in [5.41, 5.74) is 1.03. The van der Waals surface area contributed by atoms with E-state index < -0.39 is 5.91 Å². The Morgan fingerprint density at radius 3 is 2.86 bits per heavy atom. The van der Waals surface area contributed by atoms with E-state index in [9.17, 15) is 9.59 Å². The summed E-state index contributed by atoms with van der Waals surface area (Å²) >= 11 is 7.31. The second-order valence-electron chi connectivity index (χ2n) is 6.17. The van der Waals surface area contributed by atoms with Gasteiger partial charge in [0.25, 0.3) is 5.91 Å². The van der Waals surface area contributed by atoms with Crippen molar-refractivity contribution in [2.24, 2.45) is 4.99 Å². The molecule has 136 valence electrons. The van der Waals surface area contributed by atoms with Crippen LogP contribution >= 0.6 is 23.4 Å².